The summed E-state index contributed by atoms with van der Waals surface area (Å²) in [5.74, 6) is 1.66. The summed E-state index contributed by atoms with van der Waals surface area (Å²) in [5.41, 5.74) is 4.82. The second-order valence-electron chi connectivity index (χ2n) is 5.09. The van der Waals surface area contributed by atoms with E-state index >= 15 is 0 Å². The Bertz CT molecular complexity index is 600. The van der Waals surface area contributed by atoms with Crippen LogP contribution in [0.5, 0.6) is 11.5 Å². The van der Waals surface area contributed by atoms with Crippen molar-refractivity contribution < 1.29 is 9.47 Å². The van der Waals surface area contributed by atoms with E-state index < -0.39 is 0 Å². The van der Waals surface area contributed by atoms with Crippen LogP contribution in [0.25, 0.3) is 0 Å². The molecule has 0 heterocycles. The van der Waals surface area contributed by atoms with Crippen molar-refractivity contribution in [2.24, 2.45) is 0 Å². The lowest BCUT2D eigenvalue weighted by Gasteiger charge is -2.24. The third-order valence-corrected chi connectivity index (χ3v) is 4.00. The van der Waals surface area contributed by atoms with Gasteiger partial charge in [0.1, 0.15) is 11.5 Å². The molecule has 0 aromatic heterocycles. The van der Waals surface area contributed by atoms with E-state index in [0.717, 1.165) is 17.1 Å². The van der Waals surface area contributed by atoms with E-state index in [1.165, 1.54) is 16.7 Å². The van der Waals surface area contributed by atoms with Crippen LogP contribution in [0.3, 0.4) is 0 Å². The maximum absolute atomic E-state index is 5.54. The van der Waals surface area contributed by atoms with Gasteiger partial charge in [0.2, 0.25) is 0 Å². The molecule has 0 radical (unpaired) electrons. The van der Waals surface area contributed by atoms with Crippen molar-refractivity contribution in [1.82, 2.24) is 5.32 Å². The third kappa shape index (κ3) is 2.88. The summed E-state index contributed by atoms with van der Waals surface area (Å²) in [7, 11) is 5.33. The van der Waals surface area contributed by atoms with E-state index in [2.05, 4.69) is 37.4 Å². The minimum atomic E-state index is 0.0241. The van der Waals surface area contributed by atoms with E-state index in [-0.39, 0.29) is 6.04 Å². The fraction of sp³-hybridized carbons (Fsp3) is 0.333. The van der Waals surface area contributed by atoms with Crippen LogP contribution in [0.4, 0.5) is 0 Å². The molecule has 2 aromatic carbocycles. The predicted octanol–water partition coefficient (Wildman–Crippen LogP) is 3.63. The highest BCUT2D eigenvalue weighted by atomic mass is 16.5. The van der Waals surface area contributed by atoms with Crippen molar-refractivity contribution in [3.63, 3.8) is 0 Å². The Hall–Kier alpha value is -2.00. The molecule has 1 N–H and O–H groups in total. The number of methoxy groups -OCH3 is 2. The first kappa shape index (κ1) is 15.4. The highest BCUT2D eigenvalue weighted by Gasteiger charge is 2.22. The number of hydrogen-bond donors (Lipinski definition) is 1. The molecule has 2 rings (SSSR count). The number of hydrogen-bond acceptors (Lipinski definition) is 3. The maximum Gasteiger partial charge on any atom is 0.127 e. The molecule has 0 saturated heterocycles. The number of ether oxygens (including phenoxy) is 2. The Morgan fingerprint density at radius 2 is 1.48 bits per heavy atom. The van der Waals surface area contributed by atoms with Gasteiger partial charge in [-0.1, -0.05) is 24.3 Å². The van der Waals surface area contributed by atoms with Crippen molar-refractivity contribution in [3.8, 4) is 11.5 Å². The van der Waals surface area contributed by atoms with Crippen LogP contribution >= 0.6 is 0 Å². The number of nitrogens with one attached hydrogen (secondary N) is 1. The summed E-state index contributed by atoms with van der Waals surface area (Å²) in [6.07, 6.45) is 0. The van der Waals surface area contributed by atoms with Gasteiger partial charge in [0, 0.05) is 0 Å². The molecule has 0 amide bonds. The first-order chi connectivity index (χ1) is 10.1. The molecular formula is C18H23NO2. The average molecular weight is 285 g/mol. The first-order valence-corrected chi connectivity index (χ1v) is 7.08. The first-order valence-electron chi connectivity index (χ1n) is 7.08. The maximum atomic E-state index is 5.54. The predicted molar refractivity (Wildman–Crippen MR) is 86.4 cm³/mol. The molecule has 2 aromatic rings. The average Bonchev–Trinajstić information content (AvgIpc) is 2.52. The minimum absolute atomic E-state index is 0.0241. The Kier molecular flexibility index (Phi) is 4.86. The van der Waals surface area contributed by atoms with Crippen LogP contribution in [0.15, 0.2) is 36.4 Å². The van der Waals surface area contributed by atoms with Crippen molar-refractivity contribution in [3.05, 3.63) is 58.7 Å². The molecule has 0 fully saturated rings. The SMILES string of the molecule is CNC(c1cccc(C)c1C)c1c(OC)cccc1OC. The molecule has 1 atom stereocenters. The molecule has 0 aliphatic carbocycles. The van der Waals surface area contributed by atoms with Crippen molar-refractivity contribution in [2.75, 3.05) is 21.3 Å². The van der Waals surface area contributed by atoms with E-state index in [9.17, 15) is 0 Å². The molecule has 112 valence electrons. The molecule has 0 spiro atoms. The van der Waals surface area contributed by atoms with Crippen LogP contribution in [0.1, 0.15) is 28.3 Å². The van der Waals surface area contributed by atoms with E-state index in [1.54, 1.807) is 14.2 Å². The Morgan fingerprint density at radius 3 is 2.00 bits per heavy atom. The van der Waals surface area contributed by atoms with Gasteiger partial charge in [-0.2, -0.15) is 0 Å². The zero-order valence-corrected chi connectivity index (χ0v) is 13.4. The molecular weight excluding hydrogens is 262 g/mol. The largest absolute Gasteiger partial charge is 0.496 e. The summed E-state index contributed by atoms with van der Waals surface area (Å²) in [5, 5.41) is 3.39. The van der Waals surface area contributed by atoms with E-state index in [4.69, 9.17) is 9.47 Å². The van der Waals surface area contributed by atoms with E-state index in [1.807, 2.05) is 25.2 Å². The van der Waals surface area contributed by atoms with Crippen LogP contribution < -0.4 is 14.8 Å². The Labute approximate surface area is 126 Å². The standard InChI is InChI=1S/C18H23NO2/c1-12-8-6-9-14(13(12)2)18(19-3)17-15(20-4)10-7-11-16(17)21-5/h6-11,18-19H,1-5H3. The molecule has 0 aliphatic rings. The highest BCUT2D eigenvalue weighted by molar-refractivity contribution is 5.52. The lowest BCUT2D eigenvalue weighted by molar-refractivity contribution is 0.378. The smallest absolute Gasteiger partial charge is 0.127 e. The van der Waals surface area contributed by atoms with Gasteiger partial charge in [-0.25, -0.2) is 0 Å². The highest BCUT2D eigenvalue weighted by Crippen LogP contribution is 2.38. The van der Waals surface area contributed by atoms with Crippen LogP contribution in [0, 0.1) is 13.8 Å². The van der Waals surface area contributed by atoms with Gasteiger partial charge in [-0.05, 0) is 49.7 Å². The molecule has 21 heavy (non-hydrogen) atoms. The van der Waals surface area contributed by atoms with E-state index in [0.29, 0.717) is 0 Å². The van der Waals surface area contributed by atoms with Crippen molar-refractivity contribution >= 4 is 0 Å². The normalized spacial score (nSPS) is 12.0. The Balaban J connectivity index is 2.64. The van der Waals surface area contributed by atoms with Crippen molar-refractivity contribution in [1.29, 1.82) is 0 Å². The lowest BCUT2D eigenvalue weighted by atomic mass is 9.91. The monoisotopic (exact) mass is 285 g/mol. The molecule has 0 saturated carbocycles. The van der Waals surface area contributed by atoms with Gasteiger partial charge in [0.05, 0.1) is 25.8 Å². The summed E-state index contributed by atoms with van der Waals surface area (Å²) in [6, 6.07) is 12.3. The molecule has 1 unspecified atom stereocenters. The summed E-state index contributed by atoms with van der Waals surface area (Å²) < 4.78 is 11.1. The fourth-order valence-electron chi connectivity index (χ4n) is 2.71. The minimum Gasteiger partial charge on any atom is -0.496 e. The molecule has 0 bridgehead atoms. The van der Waals surface area contributed by atoms with Crippen LogP contribution in [-0.2, 0) is 0 Å². The zero-order chi connectivity index (χ0) is 15.4. The number of aryl methyl sites for hydroxylation is 1. The number of benzene rings is 2. The van der Waals surface area contributed by atoms with Gasteiger partial charge >= 0.3 is 0 Å². The van der Waals surface area contributed by atoms with Gasteiger partial charge < -0.3 is 14.8 Å². The molecule has 3 heteroatoms. The topological polar surface area (TPSA) is 30.5 Å². The Morgan fingerprint density at radius 1 is 0.905 bits per heavy atom. The zero-order valence-electron chi connectivity index (χ0n) is 13.4. The molecule has 0 aliphatic heterocycles. The second-order valence-corrected chi connectivity index (χ2v) is 5.09. The molecule has 3 nitrogen and oxygen atoms in total. The van der Waals surface area contributed by atoms with Crippen molar-refractivity contribution in [2.45, 2.75) is 19.9 Å². The summed E-state index contributed by atoms with van der Waals surface area (Å²) in [6.45, 7) is 4.28. The van der Waals surface area contributed by atoms with Crippen LogP contribution in [0.2, 0.25) is 0 Å². The van der Waals surface area contributed by atoms with Crippen LogP contribution in [-0.4, -0.2) is 21.3 Å². The number of rotatable bonds is 5. The third-order valence-electron chi connectivity index (χ3n) is 4.00. The van der Waals surface area contributed by atoms with Gasteiger partial charge in [0.25, 0.3) is 0 Å². The van der Waals surface area contributed by atoms with Gasteiger partial charge in [-0.3, -0.25) is 0 Å². The summed E-state index contributed by atoms with van der Waals surface area (Å²) >= 11 is 0. The fourth-order valence-corrected chi connectivity index (χ4v) is 2.71. The summed E-state index contributed by atoms with van der Waals surface area (Å²) in [4.78, 5) is 0. The second kappa shape index (κ2) is 6.64. The lowest BCUT2D eigenvalue weighted by Crippen LogP contribution is -2.20. The van der Waals surface area contributed by atoms with Gasteiger partial charge in [-0.15, -0.1) is 0 Å². The van der Waals surface area contributed by atoms with Gasteiger partial charge in [0.15, 0.2) is 0 Å². The quantitative estimate of drug-likeness (QED) is 0.910.